The highest BCUT2D eigenvalue weighted by molar-refractivity contribution is 5.12. The van der Waals surface area contributed by atoms with Crippen LogP contribution in [0.15, 0.2) is 12.3 Å². The summed E-state index contributed by atoms with van der Waals surface area (Å²) in [6.45, 7) is 3.37. The first-order valence-electron chi connectivity index (χ1n) is 6.86. The Morgan fingerprint density at radius 2 is 2.12 bits per heavy atom. The third-order valence-corrected chi connectivity index (χ3v) is 4.88. The van der Waals surface area contributed by atoms with Gasteiger partial charge in [0.2, 0.25) is 0 Å². The zero-order chi connectivity index (χ0) is 11.2. The van der Waals surface area contributed by atoms with Crippen molar-refractivity contribution >= 4 is 0 Å². The highest BCUT2D eigenvalue weighted by Gasteiger charge is 2.46. The van der Waals surface area contributed by atoms with E-state index in [2.05, 4.69) is 24.1 Å². The predicted molar refractivity (Wildman–Crippen MR) is 64.9 cm³/mol. The highest BCUT2D eigenvalue weighted by atomic mass is 16.3. The second-order valence-corrected chi connectivity index (χ2v) is 6.00. The topological polar surface area (TPSA) is 23.5 Å². The van der Waals surface area contributed by atoms with Crippen molar-refractivity contribution in [2.45, 2.75) is 57.1 Å². The molecule has 2 nitrogen and oxygen atoms in total. The molecule has 0 spiro atoms. The monoisotopic (exact) mass is 221 g/mol. The van der Waals surface area contributed by atoms with Crippen LogP contribution in [0.5, 0.6) is 0 Å². The molecule has 0 saturated heterocycles. The third-order valence-electron chi connectivity index (χ3n) is 4.88. The molecule has 2 aliphatic carbocycles. The van der Waals surface area contributed by atoms with E-state index in [1.807, 2.05) is 0 Å². The molecule has 16 heavy (non-hydrogen) atoms. The van der Waals surface area contributed by atoms with Crippen LogP contribution in [-0.4, -0.2) is 28.2 Å². The van der Waals surface area contributed by atoms with E-state index in [1.54, 1.807) is 0 Å². The number of rotatable bonds is 2. The van der Waals surface area contributed by atoms with Gasteiger partial charge in [-0.05, 0) is 44.7 Å². The van der Waals surface area contributed by atoms with Crippen LogP contribution < -0.4 is 0 Å². The van der Waals surface area contributed by atoms with Crippen LogP contribution in [0.3, 0.4) is 0 Å². The van der Waals surface area contributed by atoms with Crippen molar-refractivity contribution < 1.29 is 5.11 Å². The maximum atomic E-state index is 10.9. The molecule has 1 N–H and O–H groups in total. The fourth-order valence-electron chi connectivity index (χ4n) is 3.44. The molecule has 2 saturated carbocycles. The largest absolute Gasteiger partial charge is 0.387 e. The van der Waals surface area contributed by atoms with Crippen LogP contribution in [0, 0.1) is 11.8 Å². The number of aliphatic hydroxyl groups is 1. The van der Waals surface area contributed by atoms with Gasteiger partial charge in [0.05, 0.1) is 11.6 Å². The molecule has 0 aromatic heterocycles. The van der Waals surface area contributed by atoms with Gasteiger partial charge in [0, 0.05) is 12.5 Å². The van der Waals surface area contributed by atoms with E-state index in [1.165, 1.54) is 32.1 Å². The van der Waals surface area contributed by atoms with Crippen LogP contribution in [-0.2, 0) is 0 Å². The molecule has 90 valence electrons. The van der Waals surface area contributed by atoms with Crippen molar-refractivity contribution in [1.82, 2.24) is 4.90 Å². The van der Waals surface area contributed by atoms with Gasteiger partial charge in [-0.3, -0.25) is 0 Å². The summed E-state index contributed by atoms with van der Waals surface area (Å²) in [7, 11) is 0. The average molecular weight is 221 g/mol. The van der Waals surface area contributed by atoms with Gasteiger partial charge in [-0.1, -0.05) is 18.9 Å². The minimum Gasteiger partial charge on any atom is -0.387 e. The Hall–Kier alpha value is -0.500. The molecule has 3 atom stereocenters. The van der Waals surface area contributed by atoms with Gasteiger partial charge in [0.15, 0.2) is 0 Å². The summed E-state index contributed by atoms with van der Waals surface area (Å²) >= 11 is 0. The number of nitrogens with zero attached hydrogens (tertiary/aromatic N) is 1. The lowest BCUT2D eigenvalue weighted by Crippen LogP contribution is -2.57. The standard InChI is InChI=1S/C14H23NO/c1-11-14(16)8-3-2-4-13(14)7-9-15(11)10-12-5-6-12/h7,9,11-13,16H,2-6,8,10H2,1H3/t11-,13?,14?/m1/s1. The Morgan fingerprint density at radius 1 is 1.31 bits per heavy atom. The van der Waals surface area contributed by atoms with Gasteiger partial charge in [-0.25, -0.2) is 0 Å². The lowest BCUT2D eigenvalue weighted by atomic mass is 9.69. The summed E-state index contributed by atoms with van der Waals surface area (Å²) in [5, 5.41) is 10.9. The Bertz CT molecular complexity index is 297. The lowest BCUT2D eigenvalue weighted by molar-refractivity contribution is -0.0918. The smallest absolute Gasteiger partial charge is 0.0909 e. The Morgan fingerprint density at radius 3 is 2.88 bits per heavy atom. The van der Waals surface area contributed by atoms with Gasteiger partial charge >= 0.3 is 0 Å². The maximum absolute atomic E-state index is 10.9. The minimum absolute atomic E-state index is 0.309. The van der Waals surface area contributed by atoms with Crippen molar-refractivity contribution in [3.63, 3.8) is 0 Å². The lowest BCUT2D eigenvalue weighted by Gasteiger charge is -2.50. The van der Waals surface area contributed by atoms with Crippen molar-refractivity contribution in [3.8, 4) is 0 Å². The minimum atomic E-state index is -0.443. The molecular weight excluding hydrogens is 198 g/mol. The predicted octanol–water partition coefficient (Wildman–Crippen LogP) is 2.54. The maximum Gasteiger partial charge on any atom is 0.0909 e. The molecule has 0 radical (unpaired) electrons. The molecule has 0 aromatic rings. The summed E-state index contributed by atoms with van der Waals surface area (Å²) in [6, 6.07) is 0.309. The molecule has 2 unspecified atom stereocenters. The van der Waals surface area contributed by atoms with E-state index in [-0.39, 0.29) is 0 Å². The van der Waals surface area contributed by atoms with Crippen LogP contribution in [0.2, 0.25) is 0 Å². The number of fused-ring (bicyclic) bond motifs is 1. The summed E-state index contributed by atoms with van der Waals surface area (Å²) in [5.74, 6) is 1.31. The SMILES string of the molecule is C[C@H]1N(CC2CC2)C=CC2CCCCC21O. The quantitative estimate of drug-likeness (QED) is 0.774. The Balaban J connectivity index is 1.78. The zero-order valence-electron chi connectivity index (χ0n) is 10.2. The average Bonchev–Trinajstić information content (AvgIpc) is 3.08. The molecular formula is C14H23NO. The van der Waals surface area contributed by atoms with E-state index in [9.17, 15) is 5.11 Å². The van der Waals surface area contributed by atoms with Gasteiger partial charge in [-0.2, -0.15) is 0 Å². The first kappa shape index (κ1) is 10.6. The van der Waals surface area contributed by atoms with Crippen LogP contribution in [0.1, 0.15) is 45.4 Å². The molecule has 3 rings (SSSR count). The van der Waals surface area contributed by atoms with Gasteiger partial charge < -0.3 is 10.0 Å². The third kappa shape index (κ3) is 1.67. The van der Waals surface area contributed by atoms with Crippen LogP contribution in [0.4, 0.5) is 0 Å². The molecule has 3 aliphatic rings. The molecule has 0 amide bonds. The van der Waals surface area contributed by atoms with Crippen LogP contribution in [0.25, 0.3) is 0 Å². The number of hydrogen-bond acceptors (Lipinski definition) is 2. The van der Waals surface area contributed by atoms with E-state index < -0.39 is 5.60 Å². The van der Waals surface area contributed by atoms with Gasteiger partial charge in [-0.15, -0.1) is 0 Å². The molecule has 1 aliphatic heterocycles. The molecule has 0 bridgehead atoms. The van der Waals surface area contributed by atoms with E-state index in [0.29, 0.717) is 12.0 Å². The summed E-state index contributed by atoms with van der Waals surface area (Å²) in [5.41, 5.74) is -0.443. The van der Waals surface area contributed by atoms with Crippen molar-refractivity contribution in [2.24, 2.45) is 11.8 Å². The summed E-state index contributed by atoms with van der Waals surface area (Å²) in [4.78, 5) is 2.39. The fraction of sp³-hybridized carbons (Fsp3) is 0.857. The number of hydrogen-bond donors (Lipinski definition) is 1. The normalized spacial score (nSPS) is 43.2. The fourth-order valence-corrected chi connectivity index (χ4v) is 3.44. The van der Waals surface area contributed by atoms with E-state index in [0.717, 1.165) is 18.9 Å². The zero-order valence-corrected chi connectivity index (χ0v) is 10.2. The molecule has 0 aromatic carbocycles. The van der Waals surface area contributed by atoms with E-state index >= 15 is 0 Å². The first-order chi connectivity index (χ1) is 7.70. The Labute approximate surface area is 98.3 Å². The van der Waals surface area contributed by atoms with Crippen molar-refractivity contribution in [2.75, 3.05) is 6.54 Å². The molecule has 2 fully saturated rings. The van der Waals surface area contributed by atoms with Crippen molar-refractivity contribution in [3.05, 3.63) is 12.3 Å². The van der Waals surface area contributed by atoms with Crippen molar-refractivity contribution in [1.29, 1.82) is 0 Å². The van der Waals surface area contributed by atoms with Crippen LogP contribution >= 0.6 is 0 Å². The molecule has 1 heterocycles. The Kier molecular flexibility index (Phi) is 2.50. The summed E-state index contributed by atoms with van der Waals surface area (Å²) in [6.07, 6.45) is 11.9. The highest BCUT2D eigenvalue weighted by Crippen LogP contribution is 2.43. The summed E-state index contributed by atoms with van der Waals surface area (Å²) < 4.78 is 0. The molecule has 2 heteroatoms. The van der Waals surface area contributed by atoms with E-state index in [4.69, 9.17) is 0 Å². The first-order valence-corrected chi connectivity index (χ1v) is 6.86. The second kappa shape index (κ2) is 3.76. The second-order valence-electron chi connectivity index (χ2n) is 6.00. The van der Waals surface area contributed by atoms with Gasteiger partial charge in [0.25, 0.3) is 0 Å². The van der Waals surface area contributed by atoms with Gasteiger partial charge in [0.1, 0.15) is 0 Å².